The number of hydrogen-bond donors (Lipinski definition) is 2. The Balaban J connectivity index is 2.20. The van der Waals surface area contributed by atoms with Crippen molar-refractivity contribution in [1.29, 1.82) is 0 Å². The van der Waals surface area contributed by atoms with Crippen LogP contribution in [-0.2, 0) is 6.42 Å². The van der Waals surface area contributed by atoms with Crippen LogP contribution < -0.4 is 0 Å². The summed E-state index contributed by atoms with van der Waals surface area (Å²) in [5, 5.41) is 12.9. The van der Waals surface area contributed by atoms with E-state index < -0.39 is 0 Å². The minimum atomic E-state index is 0.450. The summed E-state index contributed by atoms with van der Waals surface area (Å²) in [6, 6.07) is 7.12. The molecule has 0 aliphatic rings. The van der Waals surface area contributed by atoms with Crippen molar-refractivity contribution in [2.75, 3.05) is 0 Å². The number of aromatic nitrogens is 2. The number of aromatic amines is 1. The van der Waals surface area contributed by atoms with Gasteiger partial charge in [0, 0.05) is 17.4 Å². The van der Waals surface area contributed by atoms with E-state index in [0.29, 0.717) is 17.2 Å². The van der Waals surface area contributed by atoms with Crippen LogP contribution in [0.1, 0.15) is 11.4 Å². The van der Waals surface area contributed by atoms with Crippen LogP contribution in [0, 0.1) is 0 Å². The lowest BCUT2D eigenvalue weighted by atomic mass is 10.1. The summed E-state index contributed by atoms with van der Waals surface area (Å²) in [4.78, 5) is 7.03. The van der Waals surface area contributed by atoms with Crippen molar-refractivity contribution in [3.63, 3.8) is 0 Å². The number of rotatable bonds is 3. The Morgan fingerprint density at radius 1 is 1.38 bits per heavy atom. The quantitative estimate of drug-likeness (QED) is 0.488. The lowest BCUT2D eigenvalue weighted by molar-refractivity contribution is 0.318. The Labute approximate surface area is 97.6 Å². The molecule has 2 N–H and O–H groups in total. The molecule has 0 radical (unpaired) electrons. The average molecular weight is 236 g/mol. The van der Waals surface area contributed by atoms with Crippen molar-refractivity contribution >= 4 is 17.3 Å². The van der Waals surface area contributed by atoms with Gasteiger partial charge in [-0.25, -0.2) is 4.98 Å². The predicted octanol–water partition coefficient (Wildman–Crippen LogP) is 2.48. The molecule has 0 saturated carbocycles. The molecule has 4 nitrogen and oxygen atoms in total. The normalized spacial score (nSPS) is 11.7. The molecule has 0 bridgehead atoms. The van der Waals surface area contributed by atoms with Crippen LogP contribution in [0.5, 0.6) is 0 Å². The number of hydrogen-bond acceptors (Lipinski definition) is 3. The Morgan fingerprint density at radius 3 is 2.69 bits per heavy atom. The van der Waals surface area contributed by atoms with Gasteiger partial charge in [-0.05, 0) is 17.7 Å². The molecule has 0 spiro atoms. The van der Waals surface area contributed by atoms with Crippen LogP contribution in [0.25, 0.3) is 0 Å². The van der Waals surface area contributed by atoms with Gasteiger partial charge in [-0.2, -0.15) is 0 Å². The molecule has 0 fully saturated rings. The third-order valence-electron chi connectivity index (χ3n) is 2.19. The fraction of sp³-hybridized carbons (Fsp3) is 0.0909. The van der Waals surface area contributed by atoms with Crippen LogP contribution in [0.3, 0.4) is 0 Å². The summed E-state index contributed by atoms with van der Waals surface area (Å²) in [5.74, 6) is 0.753. The van der Waals surface area contributed by atoms with Crippen molar-refractivity contribution in [3.05, 3.63) is 53.1 Å². The van der Waals surface area contributed by atoms with Gasteiger partial charge in [-0.15, -0.1) is 0 Å². The summed E-state index contributed by atoms with van der Waals surface area (Å²) in [7, 11) is 0. The highest BCUT2D eigenvalue weighted by Crippen LogP contribution is 2.11. The van der Waals surface area contributed by atoms with E-state index in [4.69, 9.17) is 16.8 Å². The van der Waals surface area contributed by atoms with Gasteiger partial charge < -0.3 is 10.2 Å². The number of benzene rings is 1. The molecule has 0 unspecified atom stereocenters. The zero-order valence-corrected chi connectivity index (χ0v) is 9.15. The van der Waals surface area contributed by atoms with E-state index in [1.807, 2.05) is 0 Å². The molecule has 82 valence electrons. The monoisotopic (exact) mass is 235 g/mol. The first-order valence-electron chi connectivity index (χ1n) is 4.74. The first-order chi connectivity index (χ1) is 7.79. The van der Waals surface area contributed by atoms with Crippen LogP contribution in [-0.4, -0.2) is 20.9 Å². The maximum absolute atomic E-state index is 8.96. The molecule has 0 amide bonds. The Morgan fingerprint density at radius 2 is 2.12 bits per heavy atom. The number of imidazole rings is 1. The highest BCUT2D eigenvalue weighted by Gasteiger charge is 2.07. The second-order valence-corrected chi connectivity index (χ2v) is 3.70. The van der Waals surface area contributed by atoms with Crippen molar-refractivity contribution in [3.8, 4) is 0 Å². The van der Waals surface area contributed by atoms with E-state index in [2.05, 4.69) is 15.1 Å². The van der Waals surface area contributed by atoms with Gasteiger partial charge in [0.1, 0.15) is 5.82 Å². The number of nitrogens with zero attached hydrogens (tertiary/aromatic N) is 2. The van der Waals surface area contributed by atoms with E-state index in [0.717, 1.165) is 11.4 Å². The molecule has 1 heterocycles. The summed E-state index contributed by atoms with van der Waals surface area (Å²) in [6.45, 7) is 0. The molecule has 0 aliphatic carbocycles. The third-order valence-corrected chi connectivity index (χ3v) is 2.44. The molecule has 0 aliphatic heterocycles. The lowest BCUT2D eigenvalue weighted by Crippen LogP contribution is -2.06. The second kappa shape index (κ2) is 4.81. The Bertz CT molecular complexity index is 476. The second-order valence-electron chi connectivity index (χ2n) is 3.27. The summed E-state index contributed by atoms with van der Waals surface area (Å²) < 4.78 is 0. The SMILES string of the molecule is O/N=C(/Cc1ncc[nH]1)c1ccc(Cl)cc1. The number of H-pyrrole nitrogens is 1. The highest BCUT2D eigenvalue weighted by atomic mass is 35.5. The zero-order valence-electron chi connectivity index (χ0n) is 8.39. The van der Waals surface area contributed by atoms with Gasteiger partial charge in [-0.1, -0.05) is 28.9 Å². The Hall–Kier alpha value is -1.81. The average Bonchev–Trinajstić information content (AvgIpc) is 2.80. The van der Waals surface area contributed by atoms with E-state index >= 15 is 0 Å². The molecule has 0 atom stereocenters. The standard InChI is InChI=1S/C11H10ClN3O/c12-9-3-1-8(2-4-9)10(15-16)7-11-13-5-6-14-11/h1-6,16H,7H2,(H,13,14)/b15-10-. The van der Waals surface area contributed by atoms with Crippen LogP contribution in [0.15, 0.2) is 41.8 Å². The zero-order chi connectivity index (χ0) is 11.4. The summed E-state index contributed by atoms with van der Waals surface area (Å²) in [6.07, 6.45) is 3.84. The lowest BCUT2D eigenvalue weighted by Gasteiger charge is -2.02. The third kappa shape index (κ3) is 2.41. The molecule has 0 saturated heterocycles. The van der Waals surface area contributed by atoms with E-state index in [-0.39, 0.29) is 0 Å². The largest absolute Gasteiger partial charge is 0.411 e. The van der Waals surface area contributed by atoms with Gasteiger partial charge in [-0.3, -0.25) is 0 Å². The van der Waals surface area contributed by atoms with Crippen molar-refractivity contribution in [2.45, 2.75) is 6.42 Å². The predicted molar refractivity (Wildman–Crippen MR) is 62.1 cm³/mol. The van der Waals surface area contributed by atoms with Gasteiger partial charge in [0.2, 0.25) is 0 Å². The maximum Gasteiger partial charge on any atom is 0.112 e. The molecule has 1 aromatic carbocycles. The topological polar surface area (TPSA) is 61.3 Å². The number of oxime groups is 1. The van der Waals surface area contributed by atoms with Crippen LogP contribution in [0.4, 0.5) is 0 Å². The first-order valence-corrected chi connectivity index (χ1v) is 5.12. The van der Waals surface area contributed by atoms with E-state index in [9.17, 15) is 0 Å². The van der Waals surface area contributed by atoms with E-state index in [1.165, 1.54) is 0 Å². The smallest absolute Gasteiger partial charge is 0.112 e. The van der Waals surface area contributed by atoms with Gasteiger partial charge in [0.05, 0.1) is 12.1 Å². The Kier molecular flexibility index (Phi) is 3.22. The van der Waals surface area contributed by atoms with Crippen LogP contribution >= 0.6 is 11.6 Å². The summed E-state index contributed by atoms with van der Waals surface area (Å²) in [5.41, 5.74) is 1.37. The minimum Gasteiger partial charge on any atom is -0.411 e. The maximum atomic E-state index is 8.96. The highest BCUT2D eigenvalue weighted by molar-refractivity contribution is 6.30. The first kappa shape index (κ1) is 10.7. The van der Waals surface area contributed by atoms with Crippen molar-refractivity contribution in [2.24, 2.45) is 5.16 Å². The molecular weight excluding hydrogens is 226 g/mol. The minimum absolute atomic E-state index is 0.450. The number of nitrogens with one attached hydrogen (secondary N) is 1. The molecule has 16 heavy (non-hydrogen) atoms. The molecule has 2 rings (SSSR count). The summed E-state index contributed by atoms with van der Waals surface area (Å²) >= 11 is 5.78. The van der Waals surface area contributed by atoms with E-state index in [1.54, 1.807) is 36.7 Å². The molecule has 2 aromatic rings. The molecule has 5 heteroatoms. The fourth-order valence-electron chi connectivity index (χ4n) is 1.39. The van der Waals surface area contributed by atoms with Gasteiger partial charge in [0.15, 0.2) is 0 Å². The van der Waals surface area contributed by atoms with Crippen molar-refractivity contribution in [1.82, 2.24) is 9.97 Å². The van der Waals surface area contributed by atoms with Gasteiger partial charge >= 0.3 is 0 Å². The van der Waals surface area contributed by atoms with Crippen LogP contribution in [0.2, 0.25) is 5.02 Å². The van der Waals surface area contributed by atoms with Gasteiger partial charge in [0.25, 0.3) is 0 Å². The molecule has 1 aromatic heterocycles. The van der Waals surface area contributed by atoms with Crippen molar-refractivity contribution < 1.29 is 5.21 Å². The fourth-order valence-corrected chi connectivity index (χ4v) is 1.52. The molecular formula is C11H10ClN3O. The number of halogens is 1.